The van der Waals surface area contributed by atoms with Crippen LogP contribution in [0.5, 0.6) is 11.5 Å². The van der Waals surface area contributed by atoms with Gasteiger partial charge in [-0.2, -0.15) is 0 Å². The zero-order valence-electron chi connectivity index (χ0n) is 12.5. The van der Waals surface area contributed by atoms with Crippen molar-refractivity contribution < 1.29 is 23.8 Å². The molecule has 0 saturated carbocycles. The molecular weight excluding hydrogens is 296 g/mol. The Hall–Kier alpha value is -3.08. The van der Waals surface area contributed by atoms with Gasteiger partial charge < -0.3 is 14.2 Å². The van der Waals surface area contributed by atoms with E-state index >= 15 is 0 Å². The van der Waals surface area contributed by atoms with Gasteiger partial charge in [0.15, 0.2) is 11.5 Å². The van der Waals surface area contributed by atoms with Crippen LogP contribution in [0.3, 0.4) is 0 Å². The second-order valence-corrected chi connectivity index (χ2v) is 5.26. The number of hydrogen-bond acceptors (Lipinski definition) is 5. The van der Waals surface area contributed by atoms with Crippen LogP contribution in [-0.2, 0) is 4.74 Å². The molecule has 4 rings (SSSR count). The van der Waals surface area contributed by atoms with E-state index in [0.717, 1.165) is 16.2 Å². The van der Waals surface area contributed by atoms with Gasteiger partial charge in [0, 0.05) is 5.39 Å². The van der Waals surface area contributed by atoms with Crippen molar-refractivity contribution in [2.24, 2.45) is 0 Å². The molecule has 0 saturated heterocycles. The first kappa shape index (κ1) is 13.6. The van der Waals surface area contributed by atoms with Gasteiger partial charge in [0.25, 0.3) is 0 Å². The highest BCUT2D eigenvalue weighted by Gasteiger charge is 2.28. The molecule has 0 fully saturated rings. The number of cyclic esters (lactones) is 2. The van der Waals surface area contributed by atoms with Crippen molar-refractivity contribution >= 4 is 33.5 Å². The minimum absolute atomic E-state index is 0.384. The summed E-state index contributed by atoms with van der Waals surface area (Å²) < 4.78 is 15.5. The number of carbonyl (C=O) groups is 2. The Balaban J connectivity index is 2.22. The van der Waals surface area contributed by atoms with Crippen LogP contribution in [0.4, 0.5) is 0 Å². The normalized spacial score (nSPS) is 13.3. The lowest BCUT2D eigenvalue weighted by atomic mass is 9.92. The smallest absolute Gasteiger partial charge is 0.346 e. The van der Waals surface area contributed by atoms with Crippen molar-refractivity contribution in [3.05, 3.63) is 47.5 Å². The molecule has 0 bridgehead atoms. The molecule has 5 nitrogen and oxygen atoms in total. The molecule has 0 aromatic heterocycles. The average Bonchev–Trinajstić information content (AvgIpc) is 2.58. The fraction of sp³-hybridized carbons (Fsp3) is 0.111. The molecule has 3 aromatic rings. The van der Waals surface area contributed by atoms with E-state index in [0.29, 0.717) is 28.0 Å². The third-order valence-corrected chi connectivity index (χ3v) is 4.10. The average molecular weight is 308 g/mol. The maximum absolute atomic E-state index is 12.1. The lowest BCUT2D eigenvalue weighted by Crippen LogP contribution is -2.19. The number of benzene rings is 3. The SMILES string of the molecule is COc1cc2cc3c4c(cccc4c2cc1OC)C(=O)OC3=O. The molecule has 0 spiro atoms. The van der Waals surface area contributed by atoms with Crippen LogP contribution in [0.1, 0.15) is 20.7 Å². The van der Waals surface area contributed by atoms with Crippen molar-refractivity contribution in [1.29, 1.82) is 0 Å². The molecule has 23 heavy (non-hydrogen) atoms. The standard InChI is InChI=1S/C18H12O5/c1-21-14-7-9-6-13-16-10(12(9)8-15(14)22-2)4-3-5-11(16)17(19)23-18(13)20/h3-8H,1-2H3. The van der Waals surface area contributed by atoms with E-state index in [1.165, 1.54) is 0 Å². The molecule has 0 radical (unpaired) electrons. The topological polar surface area (TPSA) is 61.8 Å². The quantitative estimate of drug-likeness (QED) is 0.413. The Morgan fingerprint density at radius 1 is 0.826 bits per heavy atom. The molecule has 0 amide bonds. The summed E-state index contributed by atoms with van der Waals surface area (Å²) in [6.07, 6.45) is 0. The molecule has 1 heterocycles. The number of ether oxygens (including phenoxy) is 3. The Kier molecular flexibility index (Phi) is 2.78. The summed E-state index contributed by atoms with van der Waals surface area (Å²) in [6.45, 7) is 0. The first-order valence-electron chi connectivity index (χ1n) is 7.02. The maximum Gasteiger partial charge on any atom is 0.346 e. The van der Waals surface area contributed by atoms with E-state index in [-0.39, 0.29) is 0 Å². The molecule has 0 aliphatic carbocycles. The minimum atomic E-state index is -0.629. The second-order valence-electron chi connectivity index (χ2n) is 5.26. The lowest BCUT2D eigenvalue weighted by Gasteiger charge is -2.18. The number of esters is 2. The van der Waals surface area contributed by atoms with Crippen molar-refractivity contribution in [1.82, 2.24) is 0 Å². The minimum Gasteiger partial charge on any atom is -0.493 e. The fourth-order valence-corrected chi connectivity index (χ4v) is 3.07. The van der Waals surface area contributed by atoms with Gasteiger partial charge >= 0.3 is 11.9 Å². The summed E-state index contributed by atoms with van der Waals surface area (Å²) in [6, 6.07) is 10.7. The summed E-state index contributed by atoms with van der Waals surface area (Å²) in [5.41, 5.74) is 0.781. The van der Waals surface area contributed by atoms with Crippen molar-refractivity contribution in [2.75, 3.05) is 14.2 Å². The van der Waals surface area contributed by atoms with Crippen molar-refractivity contribution in [3.63, 3.8) is 0 Å². The van der Waals surface area contributed by atoms with Crippen molar-refractivity contribution in [2.45, 2.75) is 0 Å². The molecule has 1 aliphatic rings. The van der Waals surface area contributed by atoms with E-state index in [2.05, 4.69) is 0 Å². The van der Waals surface area contributed by atoms with Crippen LogP contribution in [-0.4, -0.2) is 26.2 Å². The first-order chi connectivity index (χ1) is 11.1. The van der Waals surface area contributed by atoms with Gasteiger partial charge in [-0.3, -0.25) is 0 Å². The molecule has 0 unspecified atom stereocenters. The Bertz CT molecular complexity index is 1000. The van der Waals surface area contributed by atoms with Gasteiger partial charge in [-0.25, -0.2) is 9.59 Å². The van der Waals surface area contributed by atoms with Gasteiger partial charge in [-0.05, 0) is 40.4 Å². The molecule has 114 valence electrons. The Labute approximate surface area is 131 Å². The van der Waals surface area contributed by atoms with Gasteiger partial charge in [-0.1, -0.05) is 12.1 Å². The Morgan fingerprint density at radius 3 is 2.26 bits per heavy atom. The predicted molar refractivity (Wildman–Crippen MR) is 84.3 cm³/mol. The largest absolute Gasteiger partial charge is 0.493 e. The molecule has 1 aliphatic heterocycles. The molecule has 3 aromatic carbocycles. The highest BCUT2D eigenvalue weighted by atomic mass is 16.6. The summed E-state index contributed by atoms with van der Waals surface area (Å²) in [4.78, 5) is 24.1. The maximum atomic E-state index is 12.1. The summed E-state index contributed by atoms with van der Waals surface area (Å²) in [5.74, 6) is -0.0864. The first-order valence-corrected chi connectivity index (χ1v) is 7.02. The van der Waals surface area contributed by atoms with Gasteiger partial charge in [-0.15, -0.1) is 0 Å². The van der Waals surface area contributed by atoms with Crippen molar-refractivity contribution in [3.8, 4) is 11.5 Å². The molecule has 0 atom stereocenters. The summed E-state index contributed by atoms with van der Waals surface area (Å²) in [5, 5.41) is 3.12. The number of fused-ring (bicyclic) bond motifs is 2. The van der Waals surface area contributed by atoms with E-state index in [9.17, 15) is 9.59 Å². The van der Waals surface area contributed by atoms with E-state index in [4.69, 9.17) is 14.2 Å². The van der Waals surface area contributed by atoms with Crippen LogP contribution in [0, 0.1) is 0 Å². The molecule has 5 heteroatoms. The third-order valence-electron chi connectivity index (χ3n) is 4.10. The molecular formula is C18H12O5. The van der Waals surface area contributed by atoms with Crippen LogP contribution >= 0.6 is 0 Å². The monoisotopic (exact) mass is 308 g/mol. The van der Waals surface area contributed by atoms with Crippen LogP contribution in [0.25, 0.3) is 21.5 Å². The number of rotatable bonds is 2. The third kappa shape index (κ3) is 1.80. The lowest BCUT2D eigenvalue weighted by molar-refractivity contribution is 0.0391. The zero-order valence-corrected chi connectivity index (χ0v) is 12.5. The van der Waals surface area contributed by atoms with E-state index < -0.39 is 11.9 Å². The fourth-order valence-electron chi connectivity index (χ4n) is 3.07. The summed E-state index contributed by atoms with van der Waals surface area (Å²) in [7, 11) is 3.12. The van der Waals surface area contributed by atoms with Gasteiger partial charge in [0.2, 0.25) is 0 Å². The number of hydrogen-bond donors (Lipinski definition) is 0. The second kappa shape index (κ2) is 4.71. The van der Waals surface area contributed by atoms with E-state index in [1.54, 1.807) is 38.5 Å². The summed E-state index contributed by atoms with van der Waals surface area (Å²) >= 11 is 0. The van der Waals surface area contributed by atoms with Crippen LogP contribution in [0.2, 0.25) is 0 Å². The zero-order chi connectivity index (χ0) is 16.1. The Morgan fingerprint density at radius 2 is 1.52 bits per heavy atom. The number of carbonyl (C=O) groups excluding carboxylic acids is 2. The van der Waals surface area contributed by atoms with Gasteiger partial charge in [0.05, 0.1) is 25.3 Å². The van der Waals surface area contributed by atoms with Gasteiger partial charge in [0.1, 0.15) is 0 Å². The van der Waals surface area contributed by atoms with Crippen LogP contribution in [0.15, 0.2) is 36.4 Å². The highest BCUT2D eigenvalue weighted by molar-refractivity contribution is 6.26. The van der Waals surface area contributed by atoms with E-state index in [1.807, 2.05) is 12.1 Å². The highest BCUT2D eigenvalue weighted by Crippen LogP contribution is 2.39. The number of methoxy groups -OCH3 is 2. The predicted octanol–water partition coefficient (Wildman–Crippen LogP) is 3.32. The molecule has 0 N–H and O–H groups in total. The van der Waals surface area contributed by atoms with Crippen LogP contribution < -0.4 is 9.47 Å².